The number of morpholine rings is 1. The molecule has 3 aromatic rings. The first-order chi connectivity index (χ1) is 17.2. The molecule has 2 aliphatic heterocycles. The first-order valence-corrected chi connectivity index (χ1v) is 12.3. The Kier molecular flexibility index (Phi) is 7.09. The van der Waals surface area contributed by atoms with Crippen LogP contribution in [0.2, 0.25) is 0 Å². The molecule has 2 saturated heterocycles. The Balaban J connectivity index is 1.33. The van der Waals surface area contributed by atoms with E-state index in [1.807, 2.05) is 77.7 Å². The molecule has 2 heterocycles. The van der Waals surface area contributed by atoms with Crippen LogP contribution in [0.25, 0.3) is 0 Å². The van der Waals surface area contributed by atoms with Gasteiger partial charge in [0.15, 0.2) is 0 Å². The van der Waals surface area contributed by atoms with Crippen molar-refractivity contribution in [1.29, 1.82) is 0 Å². The highest BCUT2D eigenvalue weighted by atomic mass is 16.5. The van der Waals surface area contributed by atoms with Crippen LogP contribution in [0.3, 0.4) is 0 Å². The highest BCUT2D eigenvalue weighted by Crippen LogP contribution is 2.22. The van der Waals surface area contributed by atoms with Gasteiger partial charge in [0.05, 0.1) is 19.3 Å². The second-order valence-electron chi connectivity index (χ2n) is 9.18. The van der Waals surface area contributed by atoms with E-state index >= 15 is 0 Å². The van der Waals surface area contributed by atoms with E-state index in [4.69, 9.17) is 4.74 Å². The molecule has 5 rings (SSSR count). The number of hydrogen-bond acceptors (Lipinski definition) is 4. The summed E-state index contributed by atoms with van der Waals surface area (Å²) in [4.78, 5) is 32.6. The van der Waals surface area contributed by atoms with E-state index in [1.165, 1.54) is 0 Å². The topological polar surface area (TPSA) is 53.1 Å². The lowest BCUT2D eigenvalue weighted by Crippen LogP contribution is -2.58. The zero-order valence-corrected chi connectivity index (χ0v) is 19.9. The number of hydrogen-bond donors (Lipinski definition) is 0. The number of nitrogens with zero attached hydrogens (tertiary/aromatic N) is 3. The van der Waals surface area contributed by atoms with Crippen molar-refractivity contribution in [1.82, 2.24) is 9.80 Å². The zero-order valence-electron chi connectivity index (χ0n) is 19.9. The number of rotatable bonds is 6. The Morgan fingerprint density at radius 3 is 2.11 bits per heavy atom. The van der Waals surface area contributed by atoms with Crippen molar-refractivity contribution in [2.75, 3.05) is 44.3 Å². The second kappa shape index (κ2) is 10.7. The molecule has 0 radical (unpaired) electrons. The number of ether oxygens (including phenoxy) is 1. The van der Waals surface area contributed by atoms with Gasteiger partial charge in [0, 0.05) is 37.4 Å². The number of carbonyl (C=O) groups excluding carboxylic acids is 2. The third kappa shape index (κ3) is 5.54. The van der Waals surface area contributed by atoms with E-state index in [9.17, 15) is 9.59 Å². The molecule has 6 heteroatoms. The van der Waals surface area contributed by atoms with Crippen LogP contribution in [0.5, 0.6) is 0 Å². The summed E-state index contributed by atoms with van der Waals surface area (Å²) in [7, 11) is 0. The molecule has 0 unspecified atom stereocenters. The Bertz CT molecular complexity index is 1130. The van der Waals surface area contributed by atoms with Crippen LogP contribution in [-0.2, 0) is 22.5 Å². The summed E-state index contributed by atoms with van der Waals surface area (Å²) in [6.45, 7) is 4.31. The number of amides is 2. The second-order valence-corrected chi connectivity index (χ2v) is 9.18. The van der Waals surface area contributed by atoms with E-state index in [1.54, 1.807) is 4.90 Å². The molecular formula is C29H31N3O3. The molecule has 0 saturated carbocycles. The molecular weight excluding hydrogens is 438 g/mol. The SMILES string of the molecule is O=C(c1ccc(N2CCOCC2)cc1)N1CC(=O)N(Cc2ccccc2)[C@@H](Cc2ccccc2)C1. The predicted octanol–water partition coefficient (Wildman–Crippen LogP) is 3.62. The van der Waals surface area contributed by atoms with E-state index in [0.29, 0.717) is 25.1 Å². The molecule has 0 N–H and O–H groups in total. The first-order valence-electron chi connectivity index (χ1n) is 12.3. The minimum atomic E-state index is -0.0932. The summed E-state index contributed by atoms with van der Waals surface area (Å²) in [6, 6.07) is 27.9. The molecule has 180 valence electrons. The molecule has 2 aliphatic rings. The van der Waals surface area contributed by atoms with Crippen LogP contribution in [0.1, 0.15) is 21.5 Å². The van der Waals surface area contributed by atoms with Crippen LogP contribution in [0, 0.1) is 0 Å². The van der Waals surface area contributed by atoms with Crippen molar-refractivity contribution in [3.8, 4) is 0 Å². The van der Waals surface area contributed by atoms with E-state index in [-0.39, 0.29) is 24.4 Å². The fraction of sp³-hybridized carbons (Fsp3) is 0.310. The van der Waals surface area contributed by atoms with Gasteiger partial charge in [-0.3, -0.25) is 9.59 Å². The molecule has 6 nitrogen and oxygen atoms in total. The molecule has 0 aromatic heterocycles. The molecule has 3 aromatic carbocycles. The average molecular weight is 470 g/mol. The van der Waals surface area contributed by atoms with Crippen molar-refractivity contribution >= 4 is 17.5 Å². The molecule has 0 bridgehead atoms. The van der Waals surface area contributed by atoms with Crippen LogP contribution >= 0.6 is 0 Å². The maximum atomic E-state index is 13.4. The summed E-state index contributed by atoms with van der Waals surface area (Å²) in [5, 5.41) is 0. The van der Waals surface area contributed by atoms with Crippen LogP contribution < -0.4 is 4.90 Å². The van der Waals surface area contributed by atoms with Gasteiger partial charge in [-0.05, 0) is 41.8 Å². The summed E-state index contributed by atoms with van der Waals surface area (Å²) in [6.07, 6.45) is 0.708. The van der Waals surface area contributed by atoms with Crippen LogP contribution in [-0.4, -0.2) is 67.0 Å². The molecule has 35 heavy (non-hydrogen) atoms. The van der Waals surface area contributed by atoms with Gasteiger partial charge < -0.3 is 19.4 Å². The van der Waals surface area contributed by atoms with Gasteiger partial charge in [0.1, 0.15) is 6.54 Å². The lowest BCUT2D eigenvalue weighted by Gasteiger charge is -2.41. The van der Waals surface area contributed by atoms with Crippen molar-refractivity contribution in [3.05, 3.63) is 102 Å². The van der Waals surface area contributed by atoms with Crippen molar-refractivity contribution in [2.24, 2.45) is 0 Å². The Morgan fingerprint density at radius 2 is 1.46 bits per heavy atom. The quantitative estimate of drug-likeness (QED) is 0.553. The van der Waals surface area contributed by atoms with Crippen molar-refractivity contribution in [2.45, 2.75) is 19.0 Å². The Labute approximate surface area is 206 Å². The van der Waals surface area contributed by atoms with E-state index in [2.05, 4.69) is 17.0 Å². The maximum Gasteiger partial charge on any atom is 0.254 e. The molecule has 2 fully saturated rings. The molecule has 2 amide bonds. The largest absolute Gasteiger partial charge is 0.378 e. The summed E-state index contributed by atoms with van der Waals surface area (Å²) in [5.74, 6) is -0.108. The molecule has 1 atom stereocenters. The van der Waals surface area contributed by atoms with Crippen LogP contribution in [0.4, 0.5) is 5.69 Å². The van der Waals surface area contributed by atoms with Crippen molar-refractivity contribution < 1.29 is 14.3 Å². The lowest BCUT2D eigenvalue weighted by atomic mass is 10.00. The predicted molar refractivity (Wildman–Crippen MR) is 136 cm³/mol. The van der Waals surface area contributed by atoms with E-state index in [0.717, 1.165) is 43.1 Å². The molecule has 0 aliphatic carbocycles. The fourth-order valence-corrected chi connectivity index (χ4v) is 4.91. The summed E-state index contributed by atoms with van der Waals surface area (Å²) >= 11 is 0. The number of carbonyl (C=O) groups is 2. The fourth-order valence-electron chi connectivity index (χ4n) is 4.91. The zero-order chi connectivity index (χ0) is 24.0. The normalized spacial score (nSPS) is 18.6. The Hall–Kier alpha value is -3.64. The summed E-state index contributed by atoms with van der Waals surface area (Å²) < 4.78 is 5.43. The van der Waals surface area contributed by atoms with Gasteiger partial charge >= 0.3 is 0 Å². The lowest BCUT2D eigenvalue weighted by molar-refractivity contribution is -0.139. The number of piperazine rings is 1. The van der Waals surface area contributed by atoms with E-state index < -0.39 is 0 Å². The van der Waals surface area contributed by atoms with Crippen LogP contribution in [0.15, 0.2) is 84.9 Å². The summed E-state index contributed by atoms with van der Waals surface area (Å²) in [5.41, 5.74) is 3.96. The number of anilines is 1. The van der Waals surface area contributed by atoms with Gasteiger partial charge in [-0.25, -0.2) is 0 Å². The molecule has 0 spiro atoms. The van der Waals surface area contributed by atoms with Crippen molar-refractivity contribution in [3.63, 3.8) is 0 Å². The monoisotopic (exact) mass is 469 g/mol. The third-order valence-electron chi connectivity index (χ3n) is 6.81. The highest BCUT2D eigenvalue weighted by molar-refractivity contribution is 5.97. The van der Waals surface area contributed by atoms with Gasteiger partial charge in [-0.15, -0.1) is 0 Å². The first kappa shape index (κ1) is 23.1. The minimum Gasteiger partial charge on any atom is -0.378 e. The van der Waals surface area contributed by atoms with Gasteiger partial charge in [0.25, 0.3) is 5.91 Å². The smallest absolute Gasteiger partial charge is 0.254 e. The van der Waals surface area contributed by atoms with Gasteiger partial charge in [-0.2, -0.15) is 0 Å². The Morgan fingerprint density at radius 1 is 0.829 bits per heavy atom. The average Bonchev–Trinajstić information content (AvgIpc) is 2.92. The maximum absolute atomic E-state index is 13.4. The van der Waals surface area contributed by atoms with Gasteiger partial charge in [0.2, 0.25) is 5.91 Å². The third-order valence-corrected chi connectivity index (χ3v) is 6.81. The van der Waals surface area contributed by atoms with Gasteiger partial charge in [-0.1, -0.05) is 60.7 Å². The standard InChI is InChI=1S/C29H31N3O3/c33-28-22-31(29(34)25-11-13-26(14-12-25)30-15-17-35-18-16-30)21-27(19-23-7-3-1-4-8-23)32(28)20-24-9-5-2-6-10-24/h1-14,27H,15-22H2/t27-/m0/s1. The minimum absolute atomic E-state index is 0.0145. The highest BCUT2D eigenvalue weighted by Gasteiger charge is 2.35. The number of benzene rings is 3.